The van der Waals surface area contributed by atoms with E-state index in [9.17, 15) is 4.79 Å². The third-order valence-electron chi connectivity index (χ3n) is 2.33. The molecule has 0 aliphatic heterocycles. The van der Waals surface area contributed by atoms with Crippen LogP contribution in [0.15, 0.2) is 0 Å². The second kappa shape index (κ2) is 7.76. The van der Waals surface area contributed by atoms with Crippen LogP contribution in [0, 0.1) is 0 Å². The average molecular weight is 202 g/mol. The van der Waals surface area contributed by atoms with Gasteiger partial charge in [-0.1, -0.05) is 13.8 Å². The summed E-state index contributed by atoms with van der Waals surface area (Å²) in [5.74, 6) is -0.204. The maximum atomic E-state index is 11.0. The largest absolute Gasteiger partial charge is 0.468 e. The summed E-state index contributed by atoms with van der Waals surface area (Å²) >= 11 is 0. The highest BCUT2D eigenvalue weighted by molar-refractivity contribution is 5.74. The van der Waals surface area contributed by atoms with Crippen molar-refractivity contribution in [3.05, 3.63) is 0 Å². The number of carbonyl (C=O) groups is 1. The number of nitrogens with zero attached hydrogens (tertiary/aromatic N) is 1. The molecule has 0 aliphatic carbocycles. The van der Waals surface area contributed by atoms with Gasteiger partial charge < -0.3 is 15.0 Å². The molecule has 14 heavy (non-hydrogen) atoms. The van der Waals surface area contributed by atoms with Gasteiger partial charge in [0.1, 0.15) is 6.04 Å². The first kappa shape index (κ1) is 13.4. The first-order chi connectivity index (χ1) is 6.65. The smallest absolute Gasteiger partial charge is 0.322 e. The van der Waals surface area contributed by atoms with Crippen LogP contribution in [0.3, 0.4) is 0 Å². The zero-order chi connectivity index (χ0) is 11.0. The van der Waals surface area contributed by atoms with E-state index >= 15 is 0 Å². The molecule has 1 N–H and O–H groups in total. The summed E-state index contributed by atoms with van der Waals surface area (Å²) in [5.41, 5.74) is 0. The van der Waals surface area contributed by atoms with Gasteiger partial charge in [0.2, 0.25) is 0 Å². The molecule has 1 unspecified atom stereocenters. The molecule has 0 radical (unpaired) electrons. The van der Waals surface area contributed by atoms with Gasteiger partial charge in [-0.25, -0.2) is 0 Å². The van der Waals surface area contributed by atoms with Crippen LogP contribution in [0.1, 0.15) is 20.8 Å². The molecule has 0 aromatic carbocycles. The number of esters is 1. The van der Waals surface area contributed by atoms with Crippen LogP contribution >= 0.6 is 0 Å². The van der Waals surface area contributed by atoms with Crippen molar-refractivity contribution >= 4 is 5.97 Å². The maximum Gasteiger partial charge on any atom is 0.322 e. The van der Waals surface area contributed by atoms with Gasteiger partial charge in [0.05, 0.1) is 7.11 Å². The fourth-order valence-corrected chi connectivity index (χ4v) is 1.24. The highest BCUT2D eigenvalue weighted by Crippen LogP contribution is 1.88. The molecule has 0 rings (SSSR count). The minimum Gasteiger partial charge on any atom is -0.468 e. The van der Waals surface area contributed by atoms with Crippen molar-refractivity contribution in [2.24, 2.45) is 0 Å². The van der Waals surface area contributed by atoms with Crippen LogP contribution in [0.5, 0.6) is 0 Å². The fourth-order valence-electron chi connectivity index (χ4n) is 1.24. The summed E-state index contributed by atoms with van der Waals surface area (Å²) in [6, 6.07) is -0.212. The molecule has 0 bridgehead atoms. The Bertz CT molecular complexity index is 158. The predicted molar refractivity (Wildman–Crippen MR) is 57.3 cm³/mol. The fraction of sp³-hybridized carbons (Fsp3) is 0.900. The molecule has 0 aromatic heterocycles. The van der Waals surface area contributed by atoms with E-state index in [4.69, 9.17) is 0 Å². The molecule has 0 saturated heterocycles. The van der Waals surface area contributed by atoms with Crippen molar-refractivity contribution < 1.29 is 9.53 Å². The van der Waals surface area contributed by atoms with Crippen molar-refractivity contribution in [3.8, 4) is 0 Å². The highest BCUT2D eigenvalue weighted by Gasteiger charge is 2.11. The Kier molecular flexibility index (Phi) is 7.42. The molecule has 4 nitrogen and oxygen atoms in total. The van der Waals surface area contributed by atoms with Crippen molar-refractivity contribution in [2.75, 3.05) is 33.3 Å². The van der Waals surface area contributed by atoms with Crippen molar-refractivity contribution in [2.45, 2.75) is 26.8 Å². The van der Waals surface area contributed by atoms with Gasteiger partial charge in [0.25, 0.3) is 0 Å². The number of hydrogen-bond acceptors (Lipinski definition) is 4. The van der Waals surface area contributed by atoms with Gasteiger partial charge >= 0.3 is 5.97 Å². The molecular formula is C10H22N2O2. The zero-order valence-electron chi connectivity index (χ0n) is 9.67. The van der Waals surface area contributed by atoms with Gasteiger partial charge in [-0.15, -0.1) is 0 Å². The Hall–Kier alpha value is -0.610. The zero-order valence-corrected chi connectivity index (χ0v) is 9.67. The quantitative estimate of drug-likeness (QED) is 0.610. The SMILES string of the molecule is CCN(CC)CCNC(C)C(=O)OC. The summed E-state index contributed by atoms with van der Waals surface area (Å²) in [4.78, 5) is 13.3. The summed E-state index contributed by atoms with van der Waals surface area (Å²) in [6.45, 7) is 9.95. The topological polar surface area (TPSA) is 41.6 Å². The van der Waals surface area contributed by atoms with Gasteiger partial charge in [0.15, 0.2) is 0 Å². The van der Waals surface area contributed by atoms with Crippen molar-refractivity contribution in [3.63, 3.8) is 0 Å². The second-order valence-corrected chi connectivity index (χ2v) is 3.23. The van der Waals surface area contributed by atoms with Gasteiger partial charge in [-0.2, -0.15) is 0 Å². The van der Waals surface area contributed by atoms with Gasteiger partial charge in [0, 0.05) is 13.1 Å². The Morgan fingerprint density at radius 2 is 2.00 bits per heavy atom. The molecular weight excluding hydrogens is 180 g/mol. The van der Waals surface area contributed by atoms with Crippen molar-refractivity contribution in [1.82, 2.24) is 10.2 Å². The van der Waals surface area contributed by atoms with E-state index in [1.165, 1.54) is 7.11 Å². The lowest BCUT2D eigenvalue weighted by molar-refractivity contribution is -0.142. The molecule has 0 amide bonds. The first-order valence-corrected chi connectivity index (χ1v) is 5.19. The van der Waals surface area contributed by atoms with E-state index in [0.29, 0.717) is 0 Å². The Morgan fingerprint density at radius 1 is 1.43 bits per heavy atom. The minimum atomic E-state index is -0.212. The molecule has 1 atom stereocenters. The summed E-state index contributed by atoms with van der Waals surface area (Å²) in [5, 5.41) is 3.12. The second-order valence-electron chi connectivity index (χ2n) is 3.23. The first-order valence-electron chi connectivity index (χ1n) is 5.19. The number of likely N-dealkylation sites (N-methyl/N-ethyl adjacent to an activating group) is 1. The van der Waals surface area contributed by atoms with E-state index in [-0.39, 0.29) is 12.0 Å². The van der Waals surface area contributed by atoms with E-state index in [0.717, 1.165) is 26.2 Å². The molecule has 0 aliphatic rings. The highest BCUT2D eigenvalue weighted by atomic mass is 16.5. The third kappa shape index (κ3) is 5.19. The number of carbonyl (C=O) groups excluding carboxylic acids is 1. The molecule has 84 valence electrons. The number of methoxy groups -OCH3 is 1. The van der Waals surface area contributed by atoms with Crippen LogP contribution in [0.2, 0.25) is 0 Å². The average Bonchev–Trinajstić information content (AvgIpc) is 2.22. The van der Waals surface area contributed by atoms with E-state index in [1.807, 2.05) is 6.92 Å². The molecule has 0 saturated carbocycles. The van der Waals surface area contributed by atoms with E-state index in [2.05, 4.69) is 28.8 Å². The Balaban J connectivity index is 3.57. The van der Waals surface area contributed by atoms with Gasteiger partial charge in [-0.05, 0) is 20.0 Å². The molecule has 0 heterocycles. The predicted octanol–water partition coefficient (Wildman–Crippen LogP) is 0.479. The lowest BCUT2D eigenvalue weighted by Gasteiger charge is -2.19. The number of nitrogens with one attached hydrogen (secondary N) is 1. The molecule has 0 spiro atoms. The minimum absolute atomic E-state index is 0.204. The molecule has 4 heteroatoms. The normalized spacial score (nSPS) is 12.9. The summed E-state index contributed by atoms with van der Waals surface area (Å²) < 4.78 is 4.61. The third-order valence-corrected chi connectivity index (χ3v) is 2.33. The Morgan fingerprint density at radius 3 is 2.43 bits per heavy atom. The number of rotatable bonds is 7. The molecule has 0 aromatic rings. The van der Waals surface area contributed by atoms with Gasteiger partial charge in [-0.3, -0.25) is 4.79 Å². The number of ether oxygens (including phenoxy) is 1. The molecule has 0 fully saturated rings. The lowest BCUT2D eigenvalue weighted by atomic mass is 10.3. The summed E-state index contributed by atoms with van der Waals surface area (Å²) in [6.07, 6.45) is 0. The van der Waals surface area contributed by atoms with Crippen LogP contribution in [0.4, 0.5) is 0 Å². The van der Waals surface area contributed by atoms with Crippen LogP contribution < -0.4 is 5.32 Å². The van der Waals surface area contributed by atoms with Crippen molar-refractivity contribution in [1.29, 1.82) is 0 Å². The van der Waals surface area contributed by atoms with Crippen LogP contribution in [-0.2, 0) is 9.53 Å². The monoisotopic (exact) mass is 202 g/mol. The van der Waals surface area contributed by atoms with E-state index < -0.39 is 0 Å². The standard InChI is InChI=1S/C10H22N2O2/c1-5-12(6-2)8-7-11-9(3)10(13)14-4/h9,11H,5-8H2,1-4H3. The number of hydrogen-bond donors (Lipinski definition) is 1. The Labute approximate surface area is 86.6 Å². The van der Waals surface area contributed by atoms with Crippen LogP contribution in [-0.4, -0.2) is 50.2 Å². The van der Waals surface area contributed by atoms with Crippen LogP contribution in [0.25, 0.3) is 0 Å². The maximum absolute atomic E-state index is 11.0. The lowest BCUT2D eigenvalue weighted by Crippen LogP contribution is -2.40. The van der Waals surface area contributed by atoms with E-state index in [1.54, 1.807) is 0 Å². The summed E-state index contributed by atoms with van der Waals surface area (Å²) in [7, 11) is 1.41.